The number of hydrogen-bond donors (Lipinski definition) is 0. The van der Waals surface area contributed by atoms with E-state index in [9.17, 15) is 10.1 Å². The van der Waals surface area contributed by atoms with Crippen LogP contribution in [0, 0.1) is 10.1 Å². The monoisotopic (exact) mass is 468 g/mol. The molecule has 0 fully saturated rings. The molecule has 0 amide bonds. The number of ether oxygens (including phenoxy) is 2. The van der Waals surface area contributed by atoms with Gasteiger partial charge in [-0.3, -0.25) is 10.1 Å². The van der Waals surface area contributed by atoms with Crippen LogP contribution in [-0.2, 0) is 12.8 Å². The quantitative estimate of drug-likeness (QED) is 0.265. The Kier molecular flexibility index (Phi) is 6.57. The average molecular weight is 468 g/mol. The zero-order chi connectivity index (χ0) is 18.0. The molecule has 26 heavy (non-hydrogen) atoms. The van der Waals surface area contributed by atoms with Gasteiger partial charge in [-0.25, -0.2) is 4.58 Å². The smallest absolute Gasteiger partial charge is 0.269 e. The molecule has 2 aromatic carbocycles. The minimum Gasteiger partial charge on any atom is -1.00 e. The lowest BCUT2D eigenvalue weighted by atomic mass is 9.92. The number of halogens is 1. The Morgan fingerprint density at radius 1 is 1.12 bits per heavy atom. The van der Waals surface area contributed by atoms with Gasteiger partial charge in [0.1, 0.15) is 13.6 Å². The number of non-ortho nitro benzene ring substituents is 1. The maximum Gasteiger partial charge on any atom is 0.269 e. The predicted molar refractivity (Wildman–Crippen MR) is 95.2 cm³/mol. The van der Waals surface area contributed by atoms with E-state index in [0.29, 0.717) is 12.2 Å². The molecule has 2 aromatic rings. The molecule has 0 spiro atoms. The lowest BCUT2D eigenvalue weighted by Crippen LogP contribution is -3.00. The normalized spacial score (nSPS) is 12.9. The van der Waals surface area contributed by atoms with Crippen molar-refractivity contribution in [2.45, 2.75) is 12.8 Å². The lowest BCUT2D eigenvalue weighted by molar-refractivity contribution is -0.498. The Morgan fingerprint density at radius 2 is 1.73 bits per heavy atom. The van der Waals surface area contributed by atoms with Gasteiger partial charge < -0.3 is 33.5 Å². The second-order valence-electron chi connectivity index (χ2n) is 6.08. The molecule has 3 rings (SSSR count). The first-order valence-electron chi connectivity index (χ1n) is 8.09. The van der Waals surface area contributed by atoms with Crippen molar-refractivity contribution in [1.29, 1.82) is 0 Å². The molecule has 0 unspecified atom stereocenters. The van der Waals surface area contributed by atoms with Crippen molar-refractivity contribution in [3.8, 4) is 11.5 Å². The molecule has 1 heterocycles. The van der Waals surface area contributed by atoms with Crippen molar-refractivity contribution in [2.75, 3.05) is 27.8 Å². The van der Waals surface area contributed by atoms with E-state index in [-0.39, 0.29) is 34.6 Å². The molecule has 0 aliphatic carbocycles. The summed E-state index contributed by atoms with van der Waals surface area (Å²) in [7, 11) is 5.34. The first kappa shape index (κ1) is 20.2. The number of fused-ring (bicyclic) bond motifs is 1. The van der Waals surface area contributed by atoms with Crippen LogP contribution in [0.5, 0.6) is 11.5 Å². The molecule has 0 atom stereocenters. The van der Waals surface area contributed by atoms with E-state index in [0.717, 1.165) is 29.8 Å². The van der Waals surface area contributed by atoms with Crippen LogP contribution in [0.1, 0.15) is 16.7 Å². The van der Waals surface area contributed by atoms with E-state index in [1.807, 2.05) is 24.3 Å². The van der Waals surface area contributed by atoms with Gasteiger partial charge in [-0.05, 0) is 23.3 Å². The van der Waals surface area contributed by atoms with Crippen molar-refractivity contribution in [3.63, 3.8) is 0 Å². The molecule has 138 valence electrons. The Labute approximate surface area is 169 Å². The van der Waals surface area contributed by atoms with Crippen molar-refractivity contribution in [3.05, 3.63) is 63.2 Å². The van der Waals surface area contributed by atoms with Crippen LogP contribution >= 0.6 is 0 Å². The molecule has 0 radical (unpaired) electrons. The molecular weight excluding hydrogens is 447 g/mol. The van der Waals surface area contributed by atoms with Crippen LogP contribution in [-0.4, -0.2) is 43.0 Å². The molecule has 0 N–H and O–H groups in total. The summed E-state index contributed by atoms with van der Waals surface area (Å²) in [6.07, 6.45) is 1.65. The Morgan fingerprint density at radius 3 is 2.31 bits per heavy atom. The standard InChI is InChI=1S/C19H21N2O4.HI/c1-20-9-8-14-11-18(24-2)19(25-3)12-16(14)17(20)10-13-4-6-15(7-5-13)21(22)23;/h4-7,11-12H,8-10H2,1-3H3;1H/q+1;/p-1. The van der Waals surface area contributed by atoms with E-state index in [2.05, 4.69) is 11.6 Å². The van der Waals surface area contributed by atoms with Crippen molar-refractivity contribution < 1.29 is 42.9 Å². The van der Waals surface area contributed by atoms with Crippen molar-refractivity contribution >= 4 is 11.4 Å². The van der Waals surface area contributed by atoms with Gasteiger partial charge in [-0.1, -0.05) is 12.1 Å². The highest BCUT2D eigenvalue weighted by molar-refractivity contribution is 6.00. The van der Waals surface area contributed by atoms with Crippen LogP contribution in [0.25, 0.3) is 0 Å². The number of benzene rings is 2. The van der Waals surface area contributed by atoms with Crippen LogP contribution < -0.4 is 33.5 Å². The third kappa shape index (κ3) is 3.98. The highest BCUT2D eigenvalue weighted by atomic mass is 127. The van der Waals surface area contributed by atoms with Crippen LogP contribution in [0.4, 0.5) is 5.69 Å². The summed E-state index contributed by atoms with van der Waals surface area (Å²) in [5, 5.41) is 10.8. The largest absolute Gasteiger partial charge is 1.00 e. The number of hydrogen-bond acceptors (Lipinski definition) is 4. The first-order chi connectivity index (χ1) is 12.0. The molecule has 1 aliphatic heterocycles. The maximum atomic E-state index is 10.8. The fourth-order valence-electron chi connectivity index (χ4n) is 3.18. The highest BCUT2D eigenvalue weighted by Crippen LogP contribution is 2.33. The van der Waals surface area contributed by atoms with Gasteiger partial charge >= 0.3 is 0 Å². The highest BCUT2D eigenvalue weighted by Gasteiger charge is 2.26. The summed E-state index contributed by atoms with van der Waals surface area (Å²) in [4.78, 5) is 10.4. The summed E-state index contributed by atoms with van der Waals surface area (Å²) < 4.78 is 13.1. The predicted octanol–water partition coefficient (Wildman–Crippen LogP) is -0.154. The van der Waals surface area contributed by atoms with Gasteiger partial charge in [-0.2, -0.15) is 0 Å². The summed E-state index contributed by atoms with van der Waals surface area (Å²) in [5.41, 5.74) is 4.70. The fraction of sp³-hybridized carbons (Fsp3) is 0.316. The Hall–Kier alpha value is -2.16. The third-order valence-corrected chi connectivity index (χ3v) is 4.62. The van der Waals surface area contributed by atoms with Crippen LogP contribution in [0.3, 0.4) is 0 Å². The summed E-state index contributed by atoms with van der Waals surface area (Å²) in [6, 6.07) is 10.8. The zero-order valence-electron chi connectivity index (χ0n) is 15.0. The maximum absolute atomic E-state index is 10.8. The molecule has 0 bridgehead atoms. The minimum atomic E-state index is -0.379. The number of nitro benzene ring substituents is 1. The second kappa shape index (κ2) is 8.48. The van der Waals surface area contributed by atoms with E-state index < -0.39 is 0 Å². The van der Waals surface area contributed by atoms with E-state index in [1.54, 1.807) is 26.4 Å². The number of likely N-dealkylation sites (N-methyl/N-ethyl adjacent to an activating group) is 1. The average Bonchev–Trinajstić information content (AvgIpc) is 2.63. The summed E-state index contributed by atoms with van der Waals surface area (Å²) in [6.45, 7) is 0.921. The summed E-state index contributed by atoms with van der Waals surface area (Å²) >= 11 is 0. The molecule has 0 aromatic heterocycles. The topological polar surface area (TPSA) is 64.6 Å². The first-order valence-corrected chi connectivity index (χ1v) is 8.09. The second-order valence-corrected chi connectivity index (χ2v) is 6.08. The number of nitrogens with zero attached hydrogens (tertiary/aromatic N) is 2. The van der Waals surface area contributed by atoms with Crippen LogP contribution in [0.2, 0.25) is 0 Å². The molecule has 1 aliphatic rings. The molecule has 6 nitrogen and oxygen atoms in total. The molecule has 0 saturated carbocycles. The van der Waals surface area contributed by atoms with E-state index in [4.69, 9.17) is 9.47 Å². The summed E-state index contributed by atoms with van der Waals surface area (Å²) in [5.74, 6) is 1.44. The van der Waals surface area contributed by atoms with Gasteiger partial charge in [0.05, 0.1) is 25.6 Å². The van der Waals surface area contributed by atoms with Crippen LogP contribution in [0.15, 0.2) is 36.4 Å². The Balaban J connectivity index is 0.00000243. The number of nitro groups is 1. The fourth-order valence-corrected chi connectivity index (χ4v) is 3.18. The van der Waals surface area contributed by atoms with Gasteiger partial charge in [0, 0.05) is 24.1 Å². The van der Waals surface area contributed by atoms with Gasteiger partial charge in [0.25, 0.3) is 5.69 Å². The van der Waals surface area contributed by atoms with E-state index >= 15 is 0 Å². The minimum absolute atomic E-state index is 0. The molecule has 7 heteroatoms. The number of rotatable bonds is 5. The zero-order valence-corrected chi connectivity index (χ0v) is 17.1. The molecule has 0 saturated heterocycles. The van der Waals surface area contributed by atoms with Crippen molar-refractivity contribution in [2.24, 2.45) is 0 Å². The van der Waals surface area contributed by atoms with Crippen molar-refractivity contribution in [1.82, 2.24) is 0 Å². The van der Waals surface area contributed by atoms with Gasteiger partial charge in [0.15, 0.2) is 17.2 Å². The Bertz CT molecular complexity index is 847. The third-order valence-electron chi connectivity index (χ3n) is 4.62. The molecular formula is C19H21IN2O4. The number of methoxy groups -OCH3 is 2. The van der Waals surface area contributed by atoms with Gasteiger partial charge in [0.2, 0.25) is 0 Å². The SMILES string of the molecule is COc1cc2c(cc1OC)C(Cc1ccc([N+](=O)[O-])cc1)=[N+](C)CC2.[I-]. The van der Waals surface area contributed by atoms with Gasteiger partial charge in [-0.15, -0.1) is 0 Å². The lowest BCUT2D eigenvalue weighted by Gasteiger charge is -2.19. The van der Waals surface area contributed by atoms with E-state index in [1.165, 1.54) is 11.3 Å².